The number of nitrogens with one attached hydrogen (secondary N) is 2. The van der Waals surface area contributed by atoms with Gasteiger partial charge < -0.3 is 10.1 Å². The Morgan fingerprint density at radius 3 is 2.62 bits per heavy atom. The van der Waals surface area contributed by atoms with Crippen LogP contribution in [0.15, 0.2) is 60.7 Å². The molecule has 0 bridgehead atoms. The number of amides is 2. The molecule has 0 aliphatic carbocycles. The lowest BCUT2D eigenvalue weighted by Gasteiger charge is -2.10. The van der Waals surface area contributed by atoms with Gasteiger partial charge in [-0.15, -0.1) is 0 Å². The van der Waals surface area contributed by atoms with Crippen LogP contribution >= 0.6 is 0 Å². The predicted molar refractivity (Wildman–Crippen MR) is 107 cm³/mol. The molecule has 0 aliphatic rings. The fourth-order valence-corrected chi connectivity index (χ4v) is 2.70. The summed E-state index contributed by atoms with van der Waals surface area (Å²) < 4.78 is 20.0. The number of esters is 1. The Morgan fingerprint density at radius 2 is 1.90 bits per heavy atom. The Bertz CT molecular complexity index is 989. The van der Waals surface area contributed by atoms with E-state index in [4.69, 9.17) is 4.74 Å². The minimum atomic E-state index is -0.508. The molecular formula is C21H21FN4O3. The van der Waals surface area contributed by atoms with Crippen LogP contribution in [0.3, 0.4) is 0 Å². The average Bonchev–Trinajstić information content (AvgIpc) is 3.12. The van der Waals surface area contributed by atoms with E-state index >= 15 is 0 Å². The van der Waals surface area contributed by atoms with Gasteiger partial charge in [0.15, 0.2) is 0 Å². The quantitative estimate of drug-likeness (QED) is 0.596. The van der Waals surface area contributed by atoms with Gasteiger partial charge in [0, 0.05) is 18.2 Å². The van der Waals surface area contributed by atoms with Gasteiger partial charge in [-0.3, -0.25) is 10.1 Å². The monoisotopic (exact) mass is 396 g/mol. The first-order chi connectivity index (χ1) is 14.1. The van der Waals surface area contributed by atoms with Gasteiger partial charge in [0.2, 0.25) is 0 Å². The van der Waals surface area contributed by atoms with Crippen molar-refractivity contribution >= 4 is 17.8 Å². The summed E-state index contributed by atoms with van der Waals surface area (Å²) in [5.74, 6) is -0.434. The minimum Gasteiger partial charge on any atom is -0.466 e. The lowest BCUT2D eigenvalue weighted by atomic mass is 10.2. The van der Waals surface area contributed by atoms with E-state index < -0.39 is 11.8 Å². The van der Waals surface area contributed by atoms with Gasteiger partial charge in [0.25, 0.3) is 0 Å². The lowest BCUT2D eigenvalue weighted by molar-refractivity contribution is -0.142. The van der Waals surface area contributed by atoms with Crippen molar-refractivity contribution in [3.05, 3.63) is 66.5 Å². The third-order valence-corrected chi connectivity index (χ3v) is 3.99. The van der Waals surface area contributed by atoms with Gasteiger partial charge in [-0.2, -0.15) is 5.10 Å². The molecule has 3 rings (SSSR count). The molecule has 29 heavy (non-hydrogen) atoms. The molecule has 2 N–H and O–H groups in total. The smallest absolute Gasteiger partial charge is 0.320 e. The summed E-state index contributed by atoms with van der Waals surface area (Å²) in [5.41, 5.74) is 1.94. The van der Waals surface area contributed by atoms with E-state index in [1.54, 1.807) is 25.1 Å². The van der Waals surface area contributed by atoms with Crippen molar-refractivity contribution in [2.45, 2.75) is 13.3 Å². The van der Waals surface area contributed by atoms with Crippen LogP contribution < -0.4 is 10.6 Å². The summed E-state index contributed by atoms with van der Waals surface area (Å²) in [7, 11) is 0. The Kier molecular flexibility index (Phi) is 6.57. The number of carbonyl (C=O) groups excluding carboxylic acids is 2. The highest BCUT2D eigenvalue weighted by atomic mass is 19.1. The minimum absolute atomic E-state index is 0.0691. The summed E-state index contributed by atoms with van der Waals surface area (Å²) in [5, 5.41) is 9.80. The van der Waals surface area contributed by atoms with Crippen LogP contribution in [0, 0.1) is 5.82 Å². The highest BCUT2D eigenvalue weighted by Crippen LogP contribution is 2.25. The second-order valence-electron chi connectivity index (χ2n) is 6.11. The van der Waals surface area contributed by atoms with E-state index in [9.17, 15) is 14.0 Å². The third kappa shape index (κ3) is 5.41. The van der Waals surface area contributed by atoms with Crippen LogP contribution in [0.5, 0.6) is 0 Å². The van der Waals surface area contributed by atoms with Crippen molar-refractivity contribution in [1.29, 1.82) is 0 Å². The number of halogens is 1. The molecule has 1 aromatic heterocycles. The highest BCUT2D eigenvalue weighted by Gasteiger charge is 2.14. The van der Waals surface area contributed by atoms with Gasteiger partial charge in [0.1, 0.15) is 11.6 Å². The van der Waals surface area contributed by atoms with Crippen LogP contribution in [0.2, 0.25) is 0 Å². The summed E-state index contributed by atoms with van der Waals surface area (Å²) >= 11 is 0. The molecule has 0 atom stereocenters. The van der Waals surface area contributed by atoms with Crippen LogP contribution in [-0.4, -0.2) is 34.9 Å². The first-order valence-electron chi connectivity index (χ1n) is 9.18. The molecule has 7 nitrogen and oxygen atoms in total. The first kappa shape index (κ1) is 20.1. The Hall–Kier alpha value is -3.68. The highest BCUT2D eigenvalue weighted by molar-refractivity contribution is 5.89. The molecule has 2 aromatic carbocycles. The standard InChI is InChI=1S/C21H21FN4O3/c1-2-29-20(27)11-12-23-21(28)24-19-14-18(15-7-4-3-5-8-15)25-26(19)17-10-6-9-16(22)13-17/h3-10,13-14H,2,11-12H2,1H3,(H2,23,24,28). The number of carbonyl (C=O) groups is 2. The molecule has 2 amide bonds. The van der Waals surface area contributed by atoms with Crippen molar-refractivity contribution in [1.82, 2.24) is 15.1 Å². The van der Waals surface area contributed by atoms with E-state index in [1.807, 2.05) is 30.3 Å². The van der Waals surface area contributed by atoms with Crippen molar-refractivity contribution in [3.8, 4) is 16.9 Å². The first-order valence-corrected chi connectivity index (χ1v) is 9.18. The molecule has 8 heteroatoms. The zero-order valence-corrected chi connectivity index (χ0v) is 15.9. The molecule has 0 saturated carbocycles. The maximum Gasteiger partial charge on any atom is 0.320 e. The van der Waals surface area contributed by atoms with E-state index in [2.05, 4.69) is 15.7 Å². The third-order valence-electron chi connectivity index (χ3n) is 3.99. The van der Waals surface area contributed by atoms with Gasteiger partial charge in [-0.25, -0.2) is 13.9 Å². The number of rotatable bonds is 7. The molecule has 3 aromatic rings. The largest absolute Gasteiger partial charge is 0.466 e. The van der Waals surface area contributed by atoms with E-state index in [-0.39, 0.29) is 18.9 Å². The SMILES string of the molecule is CCOC(=O)CCNC(=O)Nc1cc(-c2ccccc2)nn1-c1cccc(F)c1. The number of hydrogen-bond donors (Lipinski definition) is 2. The molecule has 0 radical (unpaired) electrons. The maximum atomic E-state index is 13.7. The van der Waals surface area contributed by atoms with Gasteiger partial charge >= 0.3 is 12.0 Å². The molecular weight excluding hydrogens is 375 g/mol. The van der Waals surface area contributed by atoms with Gasteiger partial charge in [0.05, 0.1) is 24.4 Å². The van der Waals surface area contributed by atoms with Crippen LogP contribution in [0.1, 0.15) is 13.3 Å². The van der Waals surface area contributed by atoms with Gasteiger partial charge in [-0.1, -0.05) is 36.4 Å². The van der Waals surface area contributed by atoms with Crippen molar-refractivity contribution in [2.75, 3.05) is 18.5 Å². The number of nitrogens with zero attached hydrogens (tertiary/aromatic N) is 2. The molecule has 150 valence electrons. The maximum absolute atomic E-state index is 13.7. The van der Waals surface area contributed by atoms with E-state index in [0.29, 0.717) is 23.8 Å². The number of hydrogen-bond acceptors (Lipinski definition) is 4. The van der Waals surface area contributed by atoms with Crippen LogP contribution in [0.4, 0.5) is 15.0 Å². The number of benzene rings is 2. The summed E-state index contributed by atoms with van der Waals surface area (Å²) in [6.45, 7) is 2.14. The second kappa shape index (κ2) is 9.50. The fourth-order valence-electron chi connectivity index (χ4n) is 2.70. The fraction of sp³-hybridized carbons (Fsp3) is 0.190. The molecule has 0 spiro atoms. The number of urea groups is 1. The normalized spacial score (nSPS) is 10.4. The Balaban J connectivity index is 1.80. The van der Waals surface area contributed by atoms with Gasteiger partial charge in [-0.05, 0) is 25.1 Å². The summed E-state index contributed by atoms with van der Waals surface area (Å²) in [6, 6.07) is 16.5. The summed E-state index contributed by atoms with van der Waals surface area (Å²) in [4.78, 5) is 23.6. The molecule has 0 unspecified atom stereocenters. The number of aromatic nitrogens is 2. The van der Waals surface area contributed by atoms with Crippen molar-refractivity contribution < 1.29 is 18.7 Å². The van der Waals surface area contributed by atoms with Crippen LogP contribution in [-0.2, 0) is 9.53 Å². The number of anilines is 1. The molecule has 0 fully saturated rings. The molecule has 0 saturated heterocycles. The Morgan fingerprint density at radius 1 is 1.10 bits per heavy atom. The van der Waals surface area contributed by atoms with Crippen molar-refractivity contribution in [3.63, 3.8) is 0 Å². The lowest BCUT2D eigenvalue weighted by Crippen LogP contribution is -2.31. The van der Waals surface area contributed by atoms with E-state index in [0.717, 1.165) is 5.56 Å². The second-order valence-corrected chi connectivity index (χ2v) is 6.11. The Labute approximate surface area is 167 Å². The average molecular weight is 396 g/mol. The topological polar surface area (TPSA) is 85.2 Å². The molecule has 1 heterocycles. The van der Waals surface area contributed by atoms with Crippen molar-refractivity contribution in [2.24, 2.45) is 0 Å². The zero-order chi connectivity index (χ0) is 20.6. The molecule has 0 aliphatic heterocycles. The predicted octanol–water partition coefficient (Wildman–Crippen LogP) is 3.75. The van der Waals surface area contributed by atoms with E-state index in [1.165, 1.54) is 16.8 Å². The summed E-state index contributed by atoms with van der Waals surface area (Å²) in [6.07, 6.45) is 0.0691. The zero-order valence-electron chi connectivity index (χ0n) is 15.9. The van der Waals surface area contributed by atoms with Crippen LogP contribution in [0.25, 0.3) is 16.9 Å². The number of ether oxygens (including phenoxy) is 1.